The Balaban J connectivity index is 1.79. The minimum Gasteiger partial charge on any atom is -0.394 e. The normalized spacial score (nSPS) is 17.0. The van der Waals surface area contributed by atoms with Gasteiger partial charge in [0.25, 0.3) is 5.89 Å². The second-order valence-corrected chi connectivity index (χ2v) is 7.78. The third-order valence-electron chi connectivity index (χ3n) is 5.49. The van der Waals surface area contributed by atoms with Gasteiger partial charge in [-0.3, -0.25) is 9.79 Å². The third-order valence-corrected chi connectivity index (χ3v) is 5.49. The maximum atomic E-state index is 14.0. The number of nitrogens with zero attached hydrogens (tertiary/aromatic N) is 4. The van der Waals surface area contributed by atoms with Gasteiger partial charge in [-0.1, -0.05) is 29.4 Å². The second-order valence-electron chi connectivity index (χ2n) is 7.78. The van der Waals surface area contributed by atoms with Gasteiger partial charge in [-0.15, -0.1) is 0 Å². The summed E-state index contributed by atoms with van der Waals surface area (Å²) in [7, 11) is 1.67. The summed E-state index contributed by atoms with van der Waals surface area (Å²) in [5, 5.41) is 4.16. The minimum atomic E-state index is -1.32. The fraction of sp³-hybridized carbons (Fsp3) is 0.455. The van der Waals surface area contributed by atoms with Crippen molar-refractivity contribution in [1.82, 2.24) is 15.0 Å². The Morgan fingerprint density at radius 1 is 1.43 bits per heavy atom. The van der Waals surface area contributed by atoms with Crippen LogP contribution < -0.4 is 5.73 Å². The monoisotopic (exact) mass is 413 g/mol. The topological polar surface area (TPSA) is 97.6 Å². The fourth-order valence-electron chi connectivity index (χ4n) is 3.38. The molecule has 1 amide bonds. The van der Waals surface area contributed by atoms with Crippen molar-refractivity contribution in [3.8, 4) is 0 Å². The highest BCUT2D eigenvalue weighted by Crippen LogP contribution is 2.53. The number of carbonyl (C=O) groups excluding carboxylic acids is 1. The molecule has 30 heavy (non-hydrogen) atoms. The van der Waals surface area contributed by atoms with Gasteiger partial charge in [0.05, 0.1) is 23.4 Å². The van der Waals surface area contributed by atoms with E-state index in [1.165, 1.54) is 36.0 Å². The lowest BCUT2D eigenvalue weighted by Gasteiger charge is -2.13. The number of rotatable bonds is 8. The van der Waals surface area contributed by atoms with Crippen molar-refractivity contribution in [2.75, 3.05) is 20.1 Å². The number of allylic oxidation sites excluding steroid dienone is 1. The van der Waals surface area contributed by atoms with Crippen LogP contribution in [0.25, 0.3) is 5.70 Å². The van der Waals surface area contributed by atoms with Gasteiger partial charge in [-0.25, -0.2) is 4.39 Å². The number of aliphatic imine (C=N–C) groups is 1. The Kier molecular flexibility index (Phi) is 6.34. The van der Waals surface area contributed by atoms with Crippen LogP contribution in [-0.2, 0) is 10.2 Å². The lowest BCUT2D eigenvalue weighted by atomic mass is 9.91. The first-order chi connectivity index (χ1) is 14.2. The molecule has 1 aliphatic carbocycles. The number of benzene rings is 1. The van der Waals surface area contributed by atoms with E-state index in [9.17, 15) is 9.18 Å². The number of carbonyl (C=O) groups is 1. The van der Waals surface area contributed by atoms with E-state index in [0.717, 1.165) is 12.8 Å². The number of halogens is 1. The van der Waals surface area contributed by atoms with Crippen LogP contribution >= 0.6 is 0 Å². The van der Waals surface area contributed by atoms with Gasteiger partial charge in [0.2, 0.25) is 5.91 Å². The molecular formula is C22H28FN5O2. The first-order valence-corrected chi connectivity index (χ1v) is 10.0. The Labute approximate surface area is 175 Å². The molecule has 8 heteroatoms. The number of aryl methyl sites for hydroxylation is 1. The van der Waals surface area contributed by atoms with Crippen LogP contribution in [0.1, 0.15) is 49.5 Å². The highest BCUT2D eigenvalue weighted by molar-refractivity contribution is 6.02. The zero-order valence-electron chi connectivity index (χ0n) is 17.9. The summed E-state index contributed by atoms with van der Waals surface area (Å²) >= 11 is 0. The van der Waals surface area contributed by atoms with Crippen LogP contribution in [0.3, 0.4) is 0 Å². The van der Waals surface area contributed by atoms with Crippen molar-refractivity contribution in [2.45, 2.75) is 45.2 Å². The Hall–Kier alpha value is -3.03. The highest BCUT2D eigenvalue weighted by atomic mass is 19.1. The largest absolute Gasteiger partial charge is 0.394 e. The first kappa shape index (κ1) is 21.7. The van der Waals surface area contributed by atoms with Crippen molar-refractivity contribution < 1.29 is 13.7 Å². The number of hydrogen-bond donors (Lipinski definition) is 1. The van der Waals surface area contributed by atoms with Gasteiger partial charge < -0.3 is 15.2 Å². The maximum Gasteiger partial charge on any atom is 0.273 e. The number of likely N-dealkylation sites (N-methyl/N-ethyl adjacent to an activating group) is 1. The smallest absolute Gasteiger partial charge is 0.273 e. The van der Waals surface area contributed by atoms with Gasteiger partial charge in [-0.05, 0) is 43.9 Å². The number of hydrogen-bond acceptors (Lipinski definition) is 6. The van der Waals surface area contributed by atoms with E-state index in [2.05, 4.69) is 34.2 Å². The molecule has 1 unspecified atom stereocenters. The Bertz CT molecular complexity index is 975. The molecular weight excluding hydrogens is 385 g/mol. The molecule has 1 saturated carbocycles. The quantitative estimate of drug-likeness (QED) is 0.671. The highest BCUT2D eigenvalue weighted by Gasteiger charge is 2.50. The van der Waals surface area contributed by atoms with Crippen molar-refractivity contribution >= 4 is 17.3 Å². The molecule has 1 aromatic carbocycles. The standard InChI is InChI=1S/C22H28FN5O2/c1-14-7-5-6-8-17(14)22(9-10-22)21-26-20(30-27-21)18(24)13-19(15(2)23)25-11-12-28(4)16(3)29/h5-8,13,15H,9-12,24H2,1-4H3/b18-13-,25-19?. The molecule has 1 aromatic heterocycles. The van der Waals surface area contributed by atoms with Gasteiger partial charge in [-0.2, -0.15) is 4.98 Å². The molecule has 1 atom stereocenters. The number of amides is 1. The molecule has 160 valence electrons. The molecule has 1 aliphatic rings. The molecule has 7 nitrogen and oxygen atoms in total. The third kappa shape index (κ3) is 4.58. The van der Waals surface area contributed by atoms with E-state index in [-0.39, 0.29) is 35.2 Å². The summed E-state index contributed by atoms with van der Waals surface area (Å²) in [4.78, 5) is 21.5. The molecule has 2 aromatic rings. The van der Waals surface area contributed by atoms with E-state index in [1.54, 1.807) is 7.05 Å². The number of aromatic nitrogens is 2. The molecule has 0 spiro atoms. The van der Waals surface area contributed by atoms with Crippen LogP contribution in [0, 0.1) is 6.92 Å². The predicted octanol–water partition coefficient (Wildman–Crippen LogP) is 3.03. The van der Waals surface area contributed by atoms with Crippen molar-refractivity contribution in [3.63, 3.8) is 0 Å². The van der Waals surface area contributed by atoms with Gasteiger partial charge in [0.1, 0.15) is 6.17 Å². The van der Waals surface area contributed by atoms with Gasteiger partial charge in [0, 0.05) is 20.5 Å². The lowest BCUT2D eigenvalue weighted by Crippen LogP contribution is -2.27. The lowest BCUT2D eigenvalue weighted by molar-refractivity contribution is -0.127. The van der Waals surface area contributed by atoms with Crippen molar-refractivity contribution in [1.29, 1.82) is 0 Å². The molecule has 0 radical (unpaired) electrons. The summed E-state index contributed by atoms with van der Waals surface area (Å²) in [5.41, 5.74) is 8.58. The molecule has 3 rings (SSSR count). The molecule has 0 saturated heterocycles. The zero-order chi connectivity index (χ0) is 21.9. The summed E-state index contributed by atoms with van der Waals surface area (Å²) in [5.74, 6) is 0.674. The average Bonchev–Trinajstić information content (AvgIpc) is 3.35. The van der Waals surface area contributed by atoms with E-state index >= 15 is 0 Å². The summed E-state index contributed by atoms with van der Waals surface area (Å²) < 4.78 is 19.4. The minimum absolute atomic E-state index is 0.0730. The van der Waals surface area contributed by atoms with E-state index in [4.69, 9.17) is 10.3 Å². The van der Waals surface area contributed by atoms with E-state index in [0.29, 0.717) is 12.4 Å². The van der Waals surface area contributed by atoms with E-state index < -0.39 is 6.17 Å². The summed E-state index contributed by atoms with van der Waals surface area (Å²) in [6.45, 7) is 5.59. The average molecular weight is 413 g/mol. The SMILES string of the molecule is CC(=O)N(C)CCN=C(/C=C(\N)c1nc(C2(c3ccccc3C)CC2)no1)C(C)F. The van der Waals surface area contributed by atoms with Gasteiger partial charge in [0.15, 0.2) is 5.82 Å². The van der Waals surface area contributed by atoms with Crippen LogP contribution in [0.4, 0.5) is 4.39 Å². The first-order valence-electron chi connectivity index (χ1n) is 10.0. The van der Waals surface area contributed by atoms with Crippen LogP contribution in [0.2, 0.25) is 0 Å². The van der Waals surface area contributed by atoms with Crippen LogP contribution in [-0.4, -0.2) is 53.0 Å². The number of nitrogens with two attached hydrogens (primary N) is 1. The van der Waals surface area contributed by atoms with Crippen LogP contribution in [0.15, 0.2) is 39.9 Å². The second kappa shape index (κ2) is 8.77. The molecule has 0 bridgehead atoms. The van der Waals surface area contributed by atoms with Crippen LogP contribution in [0.5, 0.6) is 0 Å². The molecule has 1 fully saturated rings. The van der Waals surface area contributed by atoms with Gasteiger partial charge >= 0.3 is 0 Å². The summed E-state index contributed by atoms with van der Waals surface area (Å²) in [6.07, 6.45) is 1.98. The molecule has 0 aliphatic heterocycles. The Morgan fingerprint density at radius 2 is 2.13 bits per heavy atom. The predicted molar refractivity (Wildman–Crippen MR) is 114 cm³/mol. The van der Waals surface area contributed by atoms with Crippen molar-refractivity contribution in [3.05, 3.63) is 53.2 Å². The molecule has 1 heterocycles. The zero-order valence-corrected chi connectivity index (χ0v) is 17.9. The fourth-order valence-corrected chi connectivity index (χ4v) is 3.38. The Morgan fingerprint density at radius 3 is 2.73 bits per heavy atom. The van der Waals surface area contributed by atoms with Crippen molar-refractivity contribution in [2.24, 2.45) is 10.7 Å². The molecule has 2 N–H and O–H groups in total. The number of alkyl halides is 1. The van der Waals surface area contributed by atoms with E-state index in [1.807, 2.05) is 12.1 Å². The maximum absolute atomic E-state index is 14.0. The summed E-state index contributed by atoms with van der Waals surface area (Å²) in [6, 6.07) is 8.17.